The Bertz CT molecular complexity index is 634. The summed E-state index contributed by atoms with van der Waals surface area (Å²) in [6.07, 6.45) is -1.01. The molecule has 6 heteroatoms. The van der Waals surface area contributed by atoms with Gasteiger partial charge in [-0.1, -0.05) is 41.9 Å². The van der Waals surface area contributed by atoms with Crippen LogP contribution in [0.25, 0.3) is 0 Å². The molecule has 0 amide bonds. The molecular weight excluding hydrogens is 285 g/mol. The molecule has 0 heterocycles. The number of aliphatic hydroxyl groups is 1. The van der Waals surface area contributed by atoms with Gasteiger partial charge in [0.2, 0.25) is 0 Å². The standard InChI is InChI=1S/C14H11ClFNO3/c15-11-8-13(17(19)20)10(6-12(11)16)7-14(18)9-4-2-1-3-5-9/h1-6,8,14,18H,7H2. The quantitative estimate of drug-likeness (QED) is 0.691. The minimum absolute atomic E-state index is 0.0611. The molecule has 0 spiro atoms. The summed E-state index contributed by atoms with van der Waals surface area (Å²) in [5.41, 5.74) is 0.414. The van der Waals surface area contributed by atoms with Gasteiger partial charge in [0, 0.05) is 18.1 Å². The zero-order valence-corrected chi connectivity index (χ0v) is 11.0. The van der Waals surface area contributed by atoms with Crippen LogP contribution < -0.4 is 0 Å². The fourth-order valence-corrected chi connectivity index (χ4v) is 2.07. The van der Waals surface area contributed by atoms with Crippen molar-refractivity contribution in [3.8, 4) is 0 Å². The van der Waals surface area contributed by atoms with E-state index in [0.717, 1.165) is 12.1 Å². The zero-order chi connectivity index (χ0) is 14.7. The number of rotatable bonds is 4. The first-order valence-corrected chi connectivity index (χ1v) is 6.22. The summed E-state index contributed by atoms with van der Waals surface area (Å²) in [7, 11) is 0. The maximum Gasteiger partial charge on any atom is 0.274 e. The molecule has 2 aromatic rings. The zero-order valence-electron chi connectivity index (χ0n) is 10.3. The van der Waals surface area contributed by atoms with Crippen molar-refractivity contribution >= 4 is 17.3 Å². The molecule has 4 nitrogen and oxygen atoms in total. The van der Waals surface area contributed by atoms with Crippen molar-refractivity contribution in [1.29, 1.82) is 0 Å². The fourth-order valence-electron chi connectivity index (χ4n) is 1.91. The Kier molecular flexibility index (Phi) is 4.32. The molecular formula is C14H11ClFNO3. The van der Waals surface area contributed by atoms with E-state index in [1.807, 2.05) is 0 Å². The highest BCUT2D eigenvalue weighted by atomic mass is 35.5. The van der Waals surface area contributed by atoms with Crippen molar-refractivity contribution in [1.82, 2.24) is 0 Å². The first-order valence-electron chi connectivity index (χ1n) is 5.84. The van der Waals surface area contributed by atoms with Gasteiger partial charge in [-0.15, -0.1) is 0 Å². The molecule has 0 radical (unpaired) electrons. The highest BCUT2D eigenvalue weighted by Gasteiger charge is 2.20. The summed E-state index contributed by atoms with van der Waals surface area (Å²) in [6.45, 7) is 0. The number of aliphatic hydroxyl groups excluding tert-OH is 1. The lowest BCUT2D eigenvalue weighted by Crippen LogP contribution is -2.05. The van der Waals surface area contributed by atoms with Gasteiger partial charge in [-0.2, -0.15) is 0 Å². The molecule has 0 aliphatic carbocycles. The third kappa shape index (κ3) is 3.12. The van der Waals surface area contributed by atoms with Crippen LogP contribution in [0.2, 0.25) is 5.02 Å². The van der Waals surface area contributed by atoms with Gasteiger partial charge in [0.15, 0.2) is 0 Å². The highest BCUT2D eigenvalue weighted by Crippen LogP contribution is 2.29. The normalized spacial score (nSPS) is 12.2. The van der Waals surface area contributed by atoms with Crippen LogP contribution in [0.4, 0.5) is 10.1 Å². The highest BCUT2D eigenvalue weighted by molar-refractivity contribution is 6.31. The Morgan fingerprint density at radius 1 is 1.30 bits per heavy atom. The summed E-state index contributed by atoms with van der Waals surface area (Å²) in [4.78, 5) is 10.3. The molecule has 0 bridgehead atoms. The predicted molar refractivity (Wildman–Crippen MR) is 73.2 cm³/mol. The topological polar surface area (TPSA) is 63.4 Å². The second kappa shape index (κ2) is 5.98. The van der Waals surface area contributed by atoms with E-state index in [9.17, 15) is 19.6 Å². The minimum Gasteiger partial charge on any atom is -0.388 e. The average Bonchev–Trinajstić information content (AvgIpc) is 2.43. The maximum absolute atomic E-state index is 13.4. The number of halogens is 2. The Morgan fingerprint density at radius 2 is 1.95 bits per heavy atom. The summed E-state index contributed by atoms with van der Waals surface area (Å²) in [6, 6.07) is 10.6. The third-order valence-corrected chi connectivity index (χ3v) is 3.21. The lowest BCUT2D eigenvalue weighted by molar-refractivity contribution is -0.385. The van der Waals surface area contributed by atoms with E-state index in [1.165, 1.54) is 0 Å². The van der Waals surface area contributed by atoms with Crippen molar-refractivity contribution in [2.45, 2.75) is 12.5 Å². The van der Waals surface area contributed by atoms with Crippen LogP contribution in [0.15, 0.2) is 42.5 Å². The lowest BCUT2D eigenvalue weighted by Gasteiger charge is -2.11. The summed E-state index contributed by atoms with van der Waals surface area (Å²) >= 11 is 5.54. The van der Waals surface area contributed by atoms with E-state index in [0.29, 0.717) is 5.56 Å². The van der Waals surface area contributed by atoms with Gasteiger partial charge < -0.3 is 5.11 Å². The van der Waals surface area contributed by atoms with Crippen molar-refractivity contribution in [2.75, 3.05) is 0 Å². The molecule has 104 valence electrons. The van der Waals surface area contributed by atoms with Gasteiger partial charge in [0.05, 0.1) is 16.0 Å². The summed E-state index contributed by atoms with van der Waals surface area (Å²) in [5.74, 6) is -0.743. The summed E-state index contributed by atoms with van der Waals surface area (Å²) in [5, 5.41) is 20.7. The molecule has 0 aliphatic rings. The van der Waals surface area contributed by atoms with Crippen LogP contribution in [-0.2, 0) is 6.42 Å². The van der Waals surface area contributed by atoms with Crippen LogP contribution >= 0.6 is 11.6 Å². The molecule has 20 heavy (non-hydrogen) atoms. The number of benzene rings is 2. The van der Waals surface area contributed by atoms with E-state index in [2.05, 4.69) is 0 Å². The maximum atomic E-state index is 13.4. The molecule has 1 N–H and O–H groups in total. The first-order chi connectivity index (χ1) is 9.49. The number of nitro benzene ring substituents is 1. The first kappa shape index (κ1) is 14.4. The average molecular weight is 296 g/mol. The molecule has 0 fully saturated rings. The van der Waals surface area contributed by atoms with E-state index in [4.69, 9.17) is 11.6 Å². The molecule has 0 aromatic heterocycles. The Balaban J connectivity index is 2.33. The van der Waals surface area contributed by atoms with Crippen LogP contribution in [0.1, 0.15) is 17.2 Å². The van der Waals surface area contributed by atoms with E-state index >= 15 is 0 Å². The second-order valence-corrected chi connectivity index (χ2v) is 4.69. The lowest BCUT2D eigenvalue weighted by atomic mass is 10.00. The Hall–Kier alpha value is -1.98. The molecule has 0 saturated heterocycles. The molecule has 1 unspecified atom stereocenters. The smallest absolute Gasteiger partial charge is 0.274 e. The van der Waals surface area contributed by atoms with Crippen LogP contribution in [0.3, 0.4) is 0 Å². The SMILES string of the molecule is O=[N+]([O-])c1cc(Cl)c(F)cc1CC(O)c1ccccc1. The van der Waals surface area contributed by atoms with Crippen LogP contribution in [0.5, 0.6) is 0 Å². The van der Waals surface area contributed by atoms with Crippen molar-refractivity contribution in [3.63, 3.8) is 0 Å². The summed E-state index contributed by atoms with van der Waals surface area (Å²) < 4.78 is 13.4. The second-order valence-electron chi connectivity index (χ2n) is 4.28. The Morgan fingerprint density at radius 3 is 2.55 bits per heavy atom. The Labute approximate surface area is 119 Å². The molecule has 2 rings (SSSR count). The monoisotopic (exact) mass is 295 g/mol. The largest absolute Gasteiger partial charge is 0.388 e. The number of nitrogens with zero attached hydrogens (tertiary/aromatic N) is 1. The molecule has 0 aliphatic heterocycles. The van der Waals surface area contributed by atoms with E-state index in [-0.39, 0.29) is 22.7 Å². The number of hydrogen-bond acceptors (Lipinski definition) is 3. The van der Waals surface area contributed by atoms with Gasteiger partial charge >= 0.3 is 0 Å². The van der Waals surface area contributed by atoms with Crippen molar-refractivity contribution < 1.29 is 14.4 Å². The molecule has 2 aromatic carbocycles. The van der Waals surface area contributed by atoms with E-state index < -0.39 is 16.8 Å². The number of hydrogen-bond donors (Lipinski definition) is 1. The van der Waals surface area contributed by atoms with E-state index in [1.54, 1.807) is 30.3 Å². The number of nitro groups is 1. The van der Waals surface area contributed by atoms with Gasteiger partial charge in [-0.25, -0.2) is 4.39 Å². The van der Waals surface area contributed by atoms with Gasteiger partial charge in [0.1, 0.15) is 5.82 Å². The van der Waals surface area contributed by atoms with Crippen molar-refractivity contribution in [3.05, 3.63) is 74.5 Å². The molecule has 0 saturated carbocycles. The van der Waals surface area contributed by atoms with Gasteiger partial charge in [-0.3, -0.25) is 10.1 Å². The predicted octanol–water partition coefficient (Wildman–Crippen LogP) is 3.66. The molecule has 1 atom stereocenters. The van der Waals surface area contributed by atoms with Crippen molar-refractivity contribution in [2.24, 2.45) is 0 Å². The minimum atomic E-state index is -0.949. The van der Waals surface area contributed by atoms with Gasteiger partial charge in [-0.05, 0) is 11.6 Å². The third-order valence-electron chi connectivity index (χ3n) is 2.92. The fraction of sp³-hybridized carbons (Fsp3) is 0.143. The van der Waals surface area contributed by atoms with Crippen LogP contribution in [0, 0.1) is 15.9 Å². The van der Waals surface area contributed by atoms with Gasteiger partial charge in [0.25, 0.3) is 5.69 Å². The van der Waals surface area contributed by atoms with Crippen LogP contribution in [-0.4, -0.2) is 10.0 Å².